The molecule has 0 saturated carbocycles. The molecule has 2 fully saturated rings. The third kappa shape index (κ3) is 3.47. The highest BCUT2D eigenvalue weighted by Crippen LogP contribution is 2.31. The van der Waals surface area contributed by atoms with Crippen molar-refractivity contribution in [3.05, 3.63) is 35.6 Å². The summed E-state index contributed by atoms with van der Waals surface area (Å²) >= 11 is 0. The van der Waals surface area contributed by atoms with Gasteiger partial charge in [0.25, 0.3) is 0 Å². The summed E-state index contributed by atoms with van der Waals surface area (Å²) in [7, 11) is 3.61. The average Bonchev–Trinajstić information content (AvgIpc) is 2.96. The first kappa shape index (κ1) is 15.4. The summed E-state index contributed by atoms with van der Waals surface area (Å²) < 4.78 is 13.2. The zero-order valence-electron chi connectivity index (χ0n) is 13.3. The number of carbonyl (C=O) groups is 1. The van der Waals surface area contributed by atoms with Gasteiger partial charge in [0.2, 0.25) is 5.91 Å². The summed E-state index contributed by atoms with van der Waals surface area (Å²) in [4.78, 5) is 18.1. The second-order valence-electron chi connectivity index (χ2n) is 6.83. The maximum atomic E-state index is 13.2. The Morgan fingerprint density at radius 1 is 1.18 bits per heavy atom. The highest BCUT2D eigenvalue weighted by molar-refractivity contribution is 5.77. The predicted octanol–water partition coefficient (Wildman–Crippen LogP) is 1.28. The molecule has 0 aromatic heterocycles. The van der Waals surface area contributed by atoms with Crippen LogP contribution in [0.4, 0.5) is 4.39 Å². The summed E-state index contributed by atoms with van der Waals surface area (Å²) in [5.74, 6) is 1.30. The Balaban J connectivity index is 1.50. The first-order valence-corrected chi connectivity index (χ1v) is 7.90. The molecule has 0 unspecified atom stereocenters. The van der Waals surface area contributed by atoms with Crippen LogP contribution < -0.4 is 0 Å². The van der Waals surface area contributed by atoms with Crippen LogP contribution in [-0.4, -0.2) is 67.4 Å². The van der Waals surface area contributed by atoms with Gasteiger partial charge in [-0.2, -0.15) is 0 Å². The molecular formula is C17H24FN3O. The van der Waals surface area contributed by atoms with Crippen LogP contribution >= 0.6 is 0 Å². The topological polar surface area (TPSA) is 26.8 Å². The predicted molar refractivity (Wildman–Crippen MR) is 83.8 cm³/mol. The Morgan fingerprint density at radius 3 is 2.41 bits per heavy atom. The van der Waals surface area contributed by atoms with Crippen LogP contribution in [0.15, 0.2) is 24.3 Å². The van der Waals surface area contributed by atoms with E-state index >= 15 is 0 Å². The molecule has 0 aliphatic carbocycles. The minimum atomic E-state index is -0.162. The molecule has 0 N–H and O–H groups in total. The fourth-order valence-electron chi connectivity index (χ4n) is 3.67. The fraction of sp³-hybridized carbons (Fsp3) is 0.588. The Hall–Kier alpha value is -1.46. The SMILES string of the molecule is CN(C)C(=O)CN1C[C@@H]2CN(Cc3cccc(F)c3)C[C@@H]2C1. The number of nitrogens with zero attached hydrogens (tertiary/aromatic N) is 3. The largest absolute Gasteiger partial charge is 0.348 e. The minimum absolute atomic E-state index is 0.162. The van der Waals surface area contributed by atoms with Crippen molar-refractivity contribution in [3.8, 4) is 0 Å². The van der Waals surface area contributed by atoms with Gasteiger partial charge in [0, 0.05) is 46.8 Å². The first-order chi connectivity index (χ1) is 10.5. The smallest absolute Gasteiger partial charge is 0.236 e. The van der Waals surface area contributed by atoms with Gasteiger partial charge in [-0.05, 0) is 29.5 Å². The number of likely N-dealkylation sites (tertiary alicyclic amines) is 2. The molecule has 5 heteroatoms. The number of hydrogen-bond acceptors (Lipinski definition) is 3. The number of benzene rings is 1. The second kappa shape index (κ2) is 6.34. The van der Waals surface area contributed by atoms with Gasteiger partial charge in [-0.3, -0.25) is 14.6 Å². The van der Waals surface area contributed by atoms with E-state index < -0.39 is 0 Å². The molecule has 120 valence electrons. The molecule has 0 bridgehead atoms. The number of likely N-dealkylation sites (N-methyl/N-ethyl adjacent to an activating group) is 1. The summed E-state index contributed by atoms with van der Waals surface area (Å²) in [5.41, 5.74) is 1.04. The number of hydrogen-bond donors (Lipinski definition) is 0. The molecule has 2 saturated heterocycles. The summed E-state index contributed by atoms with van der Waals surface area (Å²) in [6.07, 6.45) is 0. The summed E-state index contributed by atoms with van der Waals surface area (Å²) in [6, 6.07) is 6.87. The second-order valence-corrected chi connectivity index (χ2v) is 6.83. The van der Waals surface area contributed by atoms with Crippen molar-refractivity contribution in [2.75, 3.05) is 46.8 Å². The minimum Gasteiger partial charge on any atom is -0.348 e. The van der Waals surface area contributed by atoms with Crippen LogP contribution in [0.1, 0.15) is 5.56 Å². The van der Waals surface area contributed by atoms with Gasteiger partial charge in [0.15, 0.2) is 0 Å². The van der Waals surface area contributed by atoms with Gasteiger partial charge in [0.1, 0.15) is 5.82 Å². The van der Waals surface area contributed by atoms with E-state index in [2.05, 4.69) is 9.80 Å². The van der Waals surface area contributed by atoms with Crippen LogP contribution in [0.2, 0.25) is 0 Å². The number of amides is 1. The number of carbonyl (C=O) groups excluding carboxylic acids is 1. The quantitative estimate of drug-likeness (QED) is 0.838. The summed E-state index contributed by atoms with van der Waals surface area (Å²) in [5, 5.41) is 0. The van der Waals surface area contributed by atoms with Crippen molar-refractivity contribution in [1.82, 2.24) is 14.7 Å². The number of fused-ring (bicyclic) bond motifs is 1. The molecule has 2 atom stereocenters. The molecule has 1 aromatic carbocycles. The maximum Gasteiger partial charge on any atom is 0.236 e. The lowest BCUT2D eigenvalue weighted by Crippen LogP contribution is -2.37. The molecule has 2 heterocycles. The van der Waals surface area contributed by atoms with Crippen LogP contribution in [0, 0.1) is 17.7 Å². The zero-order valence-corrected chi connectivity index (χ0v) is 13.3. The Labute approximate surface area is 131 Å². The van der Waals surface area contributed by atoms with Gasteiger partial charge in [-0.25, -0.2) is 4.39 Å². The van der Waals surface area contributed by atoms with Crippen molar-refractivity contribution >= 4 is 5.91 Å². The van der Waals surface area contributed by atoms with E-state index in [1.54, 1.807) is 31.1 Å². The molecule has 4 nitrogen and oxygen atoms in total. The van der Waals surface area contributed by atoms with E-state index in [-0.39, 0.29) is 11.7 Å². The van der Waals surface area contributed by atoms with E-state index in [1.807, 2.05) is 6.07 Å². The molecule has 0 radical (unpaired) electrons. The third-order valence-corrected chi connectivity index (χ3v) is 4.79. The normalized spacial score (nSPS) is 25.4. The molecule has 3 rings (SSSR count). The first-order valence-electron chi connectivity index (χ1n) is 7.90. The zero-order chi connectivity index (χ0) is 15.7. The van der Waals surface area contributed by atoms with Gasteiger partial charge in [-0.1, -0.05) is 12.1 Å². The maximum absolute atomic E-state index is 13.2. The lowest BCUT2D eigenvalue weighted by atomic mass is 10.0. The van der Waals surface area contributed by atoms with Crippen molar-refractivity contribution in [2.24, 2.45) is 11.8 Å². The molecular weight excluding hydrogens is 281 g/mol. The Morgan fingerprint density at radius 2 is 1.82 bits per heavy atom. The van der Waals surface area contributed by atoms with Gasteiger partial charge >= 0.3 is 0 Å². The monoisotopic (exact) mass is 305 g/mol. The van der Waals surface area contributed by atoms with Crippen molar-refractivity contribution < 1.29 is 9.18 Å². The van der Waals surface area contributed by atoms with E-state index in [0.29, 0.717) is 18.4 Å². The van der Waals surface area contributed by atoms with Crippen LogP contribution in [0.5, 0.6) is 0 Å². The average molecular weight is 305 g/mol. The fourth-order valence-corrected chi connectivity index (χ4v) is 3.67. The van der Waals surface area contributed by atoms with Gasteiger partial charge in [-0.15, -0.1) is 0 Å². The molecule has 0 spiro atoms. The van der Waals surface area contributed by atoms with Crippen LogP contribution in [0.25, 0.3) is 0 Å². The highest BCUT2D eigenvalue weighted by atomic mass is 19.1. The lowest BCUT2D eigenvalue weighted by Gasteiger charge is -2.22. The molecule has 2 aliphatic heterocycles. The summed E-state index contributed by atoms with van der Waals surface area (Å²) in [6.45, 7) is 5.46. The Bertz CT molecular complexity index is 534. The van der Waals surface area contributed by atoms with E-state index in [4.69, 9.17) is 0 Å². The van der Waals surface area contributed by atoms with Crippen LogP contribution in [0.3, 0.4) is 0 Å². The third-order valence-electron chi connectivity index (χ3n) is 4.79. The van der Waals surface area contributed by atoms with Gasteiger partial charge in [0.05, 0.1) is 6.54 Å². The number of rotatable bonds is 4. The Kier molecular flexibility index (Phi) is 4.45. The van der Waals surface area contributed by atoms with Crippen LogP contribution in [-0.2, 0) is 11.3 Å². The molecule has 1 amide bonds. The molecule has 22 heavy (non-hydrogen) atoms. The van der Waals surface area contributed by atoms with E-state index in [9.17, 15) is 9.18 Å². The van der Waals surface area contributed by atoms with Gasteiger partial charge < -0.3 is 4.90 Å². The van der Waals surface area contributed by atoms with E-state index in [0.717, 1.165) is 38.3 Å². The van der Waals surface area contributed by atoms with Crippen molar-refractivity contribution in [1.29, 1.82) is 0 Å². The standard InChI is InChI=1S/C17H24FN3O/c1-19(2)17(22)12-21-10-14-8-20(9-15(14)11-21)7-13-4-3-5-16(18)6-13/h3-6,14-15H,7-12H2,1-2H3/t14-,15+. The number of halogens is 1. The van der Waals surface area contributed by atoms with Crippen molar-refractivity contribution in [3.63, 3.8) is 0 Å². The molecule has 2 aliphatic rings. The highest BCUT2D eigenvalue weighted by Gasteiger charge is 2.40. The van der Waals surface area contributed by atoms with E-state index in [1.165, 1.54) is 6.07 Å². The van der Waals surface area contributed by atoms with Crippen molar-refractivity contribution in [2.45, 2.75) is 6.54 Å². The lowest BCUT2D eigenvalue weighted by molar-refractivity contribution is -0.129. The molecule has 1 aromatic rings.